The molecule has 0 atom stereocenters. The Hall–Kier alpha value is -4.34. The van der Waals surface area contributed by atoms with Crippen molar-refractivity contribution in [1.29, 1.82) is 0 Å². The Labute approximate surface area is 169 Å². The maximum Gasteiger partial charge on any atom is 0.335 e. The van der Waals surface area contributed by atoms with E-state index in [-0.39, 0.29) is 22.6 Å². The van der Waals surface area contributed by atoms with Crippen molar-refractivity contribution in [2.75, 3.05) is 6.61 Å². The lowest BCUT2D eigenvalue weighted by Gasteiger charge is -2.10. The number of phenolic OH excluding ortho intramolecular Hbond substituents is 1. The number of amides is 1. The quantitative estimate of drug-likeness (QED) is 0.354. The lowest BCUT2D eigenvalue weighted by atomic mass is 10.2. The molecule has 10 heteroatoms. The number of H-pyrrole nitrogens is 1. The normalized spacial score (nSPS) is 10.8. The molecule has 30 heavy (non-hydrogen) atoms. The molecule has 3 aromatic rings. The Morgan fingerprint density at radius 3 is 2.53 bits per heavy atom. The van der Waals surface area contributed by atoms with Crippen LogP contribution in [-0.2, 0) is 0 Å². The number of rotatable bonds is 6. The molecule has 1 amide bonds. The first-order valence-electron chi connectivity index (χ1n) is 8.85. The molecule has 0 fully saturated rings. The number of nitrogens with one attached hydrogen (secondary N) is 2. The highest BCUT2D eigenvalue weighted by atomic mass is 16.5. The SMILES string of the molecule is CCOc1ccc(-n2c(O)c(/C=N/NC(=O)c3ccccc3O)c(=O)[nH]c2=O)cc1. The summed E-state index contributed by atoms with van der Waals surface area (Å²) < 4.78 is 6.21. The third kappa shape index (κ3) is 4.22. The second-order valence-electron chi connectivity index (χ2n) is 5.98. The number of para-hydroxylation sites is 1. The smallest absolute Gasteiger partial charge is 0.335 e. The number of benzene rings is 2. The summed E-state index contributed by atoms with van der Waals surface area (Å²) >= 11 is 0. The maximum atomic E-state index is 12.2. The Morgan fingerprint density at radius 2 is 1.87 bits per heavy atom. The molecule has 2 aromatic carbocycles. The lowest BCUT2D eigenvalue weighted by Crippen LogP contribution is -2.31. The van der Waals surface area contributed by atoms with Crippen LogP contribution in [0.5, 0.6) is 17.4 Å². The third-order valence-electron chi connectivity index (χ3n) is 4.04. The van der Waals surface area contributed by atoms with E-state index in [1.807, 2.05) is 6.92 Å². The summed E-state index contributed by atoms with van der Waals surface area (Å²) in [4.78, 5) is 38.4. The van der Waals surface area contributed by atoms with E-state index in [2.05, 4.69) is 15.5 Å². The van der Waals surface area contributed by atoms with Crippen molar-refractivity contribution in [2.45, 2.75) is 6.92 Å². The first-order valence-corrected chi connectivity index (χ1v) is 8.85. The van der Waals surface area contributed by atoms with Crippen molar-refractivity contribution in [3.63, 3.8) is 0 Å². The molecular formula is C20H18N4O6. The van der Waals surface area contributed by atoms with Crippen molar-refractivity contribution in [1.82, 2.24) is 15.0 Å². The van der Waals surface area contributed by atoms with Gasteiger partial charge in [-0.2, -0.15) is 5.10 Å². The van der Waals surface area contributed by atoms with Gasteiger partial charge in [-0.15, -0.1) is 0 Å². The zero-order valence-corrected chi connectivity index (χ0v) is 15.8. The van der Waals surface area contributed by atoms with Gasteiger partial charge in [-0.25, -0.2) is 14.8 Å². The van der Waals surface area contributed by atoms with Crippen molar-refractivity contribution in [3.05, 3.63) is 80.5 Å². The molecule has 3 rings (SSSR count). The van der Waals surface area contributed by atoms with Gasteiger partial charge >= 0.3 is 5.69 Å². The van der Waals surface area contributed by atoms with Crippen LogP contribution in [0.1, 0.15) is 22.8 Å². The second kappa shape index (κ2) is 8.78. The molecule has 0 bridgehead atoms. The topological polar surface area (TPSA) is 146 Å². The summed E-state index contributed by atoms with van der Waals surface area (Å²) in [6.07, 6.45) is 0.899. The number of ether oxygens (including phenoxy) is 1. The molecule has 0 aliphatic rings. The van der Waals surface area contributed by atoms with E-state index in [0.29, 0.717) is 12.4 Å². The van der Waals surface area contributed by atoms with E-state index < -0.39 is 23.0 Å². The molecule has 0 spiro atoms. The summed E-state index contributed by atoms with van der Waals surface area (Å²) in [6, 6.07) is 12.1. The summed E-state index contributed by atoms with van der Waals surface area (Å²) in [7, 11) is 0. The fourth-order valence-corrected chi connectivity index (χ4v) is 2.63. The highest BCUT2D eigenvalue weighted by Gasteiger charge is 2.15. The predicted octanol–water partition coefficient (Wildman–Crippen LogP) is 1.10. The minimum atomic E-state index is -0.889. The molecule has 0 saturated carbocycles. The van der Waals surface area contributed by atoms with Gasteiger partial charge in [-0.1, -0.05) is 12.1 Å². The number of hydrogen-bond donors (Lipinski definition) is 4. The summed E-state index contributed by atoms with van der Waals surface area (Å²) in [5.74, 6) is -1.05. The molecule has 0 aliphatic carbocycles. The average molecular weight is 410 g/mol. The molecule has 10 nitrogen and oxygen atoms in total. The largest absolute Gasteiger partial charge is 0.507 e. The van der Waals surface area contributed by atoms with E-state index in [1.165, 1.54) is 24.3 Å². The number of hydrazone groups is 1. The predicted molar refractivity (Wildman–Crippen MR) is 109 cm³/mol. The standard InChI is InChI=1S/C20H18N4O6/c1-2-30-13-9-7-12(8-10-13)24-19(28)15(17(26)22-20(24)29)11-21-23-18(27)14-5-3-4-6-16(14)25/h3-11,25,28H,2H2,1H3,(H,23,27)(H,22,26,29)/b21-11+. The van der Waals surface area contributed by atoms with Crippen LogP contribution in [0.4, 0.5) is 0 Å². The first-order chi connectivity index (χ1) is 14.4. The van der Waals surface area contributed by atoms with Gasteiger partial charge in [0.2, 0.25) is 5.88 Å². The minimum Gasteiger partial charge on any atom is -0.507 e. The molecule has 154 valence electrons. The first kappa shape index (κ1) is 20.4. The van der Waals surface area contributed by atoms with E-state index in [4.69, 9.17) is 4.74 Å². The van der Waals surface area contributed by atoms with Crippen LogP contribution in [0, 0.1) is 0 Å². The molecule has 0 saturated heterocycles. The highest BCUT2D eigenvalue weighted by molar-refractivity contribution is 5.97. The van der Waals surface area contributed by atoms with Crippen LogP contribution in [0.15, 0.2) is 63.2 Å². The van der Waals surface area contributed by atoms with E-state index in [0.717, 1.165) is 10.8 Å². The number of phenols is 1. The van der Waals surface area contributed by atoms with Crippen molar-refractivity contribution in [3.8, 4) is 23.1 Å². The van der Waals surface area contributed by atoms with E-state index >= 15 is 0 Å². The number of aromatic hydroxyl groups is 2. The minimum absolute atomic E-state index is 0.0212. The van der Waals surface area contributed by atoms with Crippen molar-refractivity contribution < 1.29 is 19.7 Å². The van der Waals surface area contributed by atoms with Crippen LogP contribution in [0.25, 0.3) is 5.69 Å². The zero-order valence-electron chi connectivity index (χ0n) is 15.8. The number of aromatic nitrogens is 2. The number of aromatic amines is 1. The number of nitrogens with zero attached hydrogens (tertiary/aromatic N) is 2. The van der Waals surface area contributed by atoms with Crippen LogP contribution in [0.3, 0.4) is 0 Å². The van der Waals surface area contributed by atoms with Crippen LogP contribution >= 0.6 is 0 Å². The van der Waals surface area contributed by atoms with Crippen molar-refractivity contribution in [2.24, 2.45) is 5.10 Å². The fourth-order valence-electron chi connectivity index (χ4n) is 2.63. The zero-order chi connectivity index (χ0) is 21.7. The molecule has 0 aliphatic heterocycles. The van der Waals surface area contributed by atoms with E-state index in [1.54, 1.807) is 24.3 Å². The molecular weight excluding hydrogens is 392 g/mol. The van der Waals surface area contributed by atoms with Gasteiger partial charge in [0.05, 0.1) is 24.1 Å². The van der Waals surface area contributed by atoms with Crippen LogP contribution in [0.2, 0.25) is 0 Å². The van der Waals surface area contributed by atoms with Crippen molar-refractivity contribution >= 4 is 12.1 Å². The Morgan fingerprint density at radius 1 is 1.17 bits per heavy atom. The molecule has 0 radical (unpaired) electrons. The highest BCUT2D eigenvalue weighted by Crippen LogP contribution is 2.19. The number of carbonyl (C=O) groups is 1. The molecule has 0 unspecified atom stereocenters. The lowest BCUT2D eigenvalue weighted by molar-refractivity contribution is 0.0952. The fraction of sp³-hybridized carbons (Fsp3) is 0.100. The Balaban J connectivity index is 1.90. The molecule has 4 N–H and O–H groups in total. The summed E-state index contributed by atoms with van der Waals surface area (Å²) in [5, 5.41) is 23.8. The van der Waals surface area contributed by atoms with Crippen LogP contribution in [-0.4, -0.2) is 38.5 Å². The Bertz CT molecular complexity index is 1210. The monoisotopic (exact) mass is 410 g/mol. The maximum absolute atomic E-state index is 12.2. The van der Waals surface area contributed by atoms with Gasteiger partial charge in [-0.05, 0) is 43.3 Å². The Kier molecular flexibility index (Phi) is 5.97. The van der Waals surface area contributed by atoms with Gasteiger partial charge in [0, 0.05) is 0 Å². The van der Waals surface area contributed by atoms with Gasteiger partial charge in [0.15, 0.2) is 0 Å². The third-order valence-corrected chi connectivity index (χ3v) is 4.04. The second-order valence-corrected chi connectivity index (χ2v) is 5.98. The molecule has 1 heterocycles. The summed E-state index contributed by atoms with van der Waals surface area (Å²) in [5.41, 5.74) is 0.317. The van der Waals surface area contributed by atoms with E-state index in [9.17, 15) is 24.6 Å². The van der Waals surface area contributed by atoms with Crippen LogP contribution < -0.4 is 21.4 Å². The average Bonchev–Trinajstić information content (AvgIpc) is 2.72. The molecule has 1 aromatic heterocycles. The number of carbonyl (C=O) groups excluding carboxylic acids is 1. The number of hydrogen-bond acceptors (Lipinski definition) is 7. The van der Waals surface area contributed by atoms with Gasteiger partial charge < -0.3 is 14.9 Å². The van der Waals surface area contributed by atoms with Gasteiger partial charge in [-0.3, -0.25) is 14.6 Å². The van der Waals surface area contributed by atoms with Gasteiger partial charge in [0.25, 0.3) is 11.5 Å². The summed E-state index contributed by atoms with van der Waals surface area (Å²) in [6.45, 7) is 2.30. The van der Waals surface area contributed by atoms with Gasteiger partial charge in [0.1, 0.15) is 17.1 Å².